The van der Waals surface area contributed by atoms with Crippen LogP contribution in [0.1, 0.15) is 38.3 Å². The number of nitrogens with zero attached hydrogens (tertiary/aromatic N) is 4. The molecule has 0 bridgehead atoms. The summed E-state index contributed by atoms with van der Waals surface area (Å²) in [6.07, 6.45) is 4.20. The van der Waals surface area contributed by atoms with E-state index in [-0.39, 0.29) is 12.1 Å². The first-order valence-corrected chi connectivity index (χ1v) is 11.4. The van der Waals surface area contributed by atoms with Gasteiger partial charge in [-0.25, -0.2) is 4.79 Å². The zero-order chi connectivity index (χ0) is 23.8. The molecule has 2 aromatic heterocycles. The summed E-state index contributed by atoms with van der Waals surface area (Å²) in [5.74, 6) is 0. The van der Waals surface area contributed by atoms with Gasteiger partial charge in [0.2, 0.25) is 0 Å². The third-order valence-electron chi connectivity index (χ3n) is 5.78. The van der Waals surface area contributed by atoms with Crippen LogP contribution in [0.2, 0.25) is 5.02 Å². The summed E-state index contributed by atoms with van der Waals surface area (Å²) >= 11 is 6.18. The summed E-state index contributed by atoms with van der Waals surface area (Å²) in [7, 11) is 1.93. The Balaban J connectivity index is 1.49. The lowest BCUT2D eigenvalue weighted by atomic mass is 10.1. The Kier molecular flexibility index (Phi) is 6.33. The number of carbonyl (C=O) groups excluding carboxylic acids is 1. The van der Waals surface area contributed by atoms with E-state index in [1.807, 2.05) is 50.7 Å². The van der Waals surface area contributed by atoms with E-state index in [0.717, 1.165) is 34.1 Å². The lowest BCUT2D eigenvalue weighted by Gasteiger charge is -2.24. The van der Waals surface area contributed by atoms with Crippen LogP contribution in [0.4, 0.5) is 4.79 Å². The monoisotopic (exact) mass is 465 g/mol. The fourth-order valence-electron chi connectivity index (χ4n) is 4.26. The second kappa shape index (κ2) is 9.05. The molecule has 1 saturated heterocycles. The van der Waals surface area contributed by atoms with Crippen molar-refractivity contribution in [1.29, 1.82) is 5.26 Å². The van der Waals surface area contributed by atoms with Crippen LogP contribution >= 0.6 is 11.6 Å². The molecule has 1 aromatic carbocycles. The zero-order valence-electron chi connectivity index (χ0n) is 19.4. The van der Waals surface area contributed by atoms with E-state index in [9.17, 15) is 10.1 Å². The van der Waals surface area contributed by atoms with Gasteiger partial charge >= 0.3 is 6.09 Å². The first kappa shape index (κ1) is 23.1. The fraction of sp³-hybridized carbons (Fsp3) is 0.400. The fourth-order valence-corrected chi connectivity index (χ4v) is 4.42. The molecule has 172 valence electrons. The predicted octanol–water partition coefficient (Wildman–Crippen LogP) is 4.86. The number of ether oxygens (including phenoxy) is 1. The maximum atomic E-state index is 12.3. The van der Waals surface area contributed by atoms with Crippen LogP contribution in [0.3, 0.4) is 0 Å². The predicted molar refractivity (Wildman–Crippen MR) is 129 cm³/mol. The van der Waals surface area contributed by atoms with E-state index < -0.39 is 5.60 Å². The van der Waals surface area contributed by atoms with Gasteiger partial charge in [0.1, 0.15) is 11.7 Å². The van der Waals surface area contributed by atoms with Crippen molar-refractivity contribution in [3.05, 3.63) is 52.8 Å². The molecule has 1 unspecified atom stereocenters. The highest BCUT2D eigenvalue weighted by Crippen LogP contribution is 2.34. The topological polar surface area (TPSA) is 83.2 Å². The number of amides is 1. The SMILES string of the molecule is Cn1c(-c2cncc(CNC3CCN(C(=O)OC(C)(C)C)C3)c2)c(C#N)c2ccc(Cl)cc21. The zero-order valence-corrected chi connectivity index (χ0v) is 20.1. The number of nitrogens with one attached hydrogen (secondary N) is 1. The molecule has 0 radical (unpaired) electrons. The van der Waals surface area contributed by atoms with Crippen LogP contribution in [0.15, 0.2) is 36.7 Å². The van der Waals surface area contributed by atoms with E-state index in [0.29, 0.717) is 30.2 Å². The molecule has 7 nitrogen and oxygen atoms in total. The van der Waals surface area contributed by atoms with Gasteiger partial charge in [0.05, 0.1) is 16.8 Å². The average molecular weight is 466 g/mol. The maximum Gasteiger partial charge on any atom is 0.410 e. The van der Waals surface area contributed by atoms with Gasteiger partial charge in [0.15, 0.2) is 0 Å². The van der Waals surface area contributed by atoms with Crippen molar-refractivity contribution in [3.8, 4) is 17.3 Å². The number of aromatic nitrogens is 2. The minimum absolute atomic E-state index is 0.190. The van der Waals surface area contributed by atoms with E-state index in [4.69, 9.17) is 16.3 Å². The second-order valence-electron chi connectivity index (χ2n) is 9.43. The van der Waals surface area contributed by atoms with E-state index in [1.165, 1.54) is 0 Å². The Hall–Kier alpha value is -3.08. The Labute approximate surface area is 198 Å². The van der Waals surface area contributed by atoms with Gasteiger partial charge < -0.3 is 19.5 Å². The van der Waals surface area contributed by atoms with Gasteiger partial charge in [-0.1, -0.05) is 11.6 Å². The molecule has 33 heavy (non-hydrogen) atoms. The standard InChI is InChI=1S/C25H28ClN5O2/c1-25(2,3)33-24(32)31-8-7-19(15-31)29-13-16-9-17(14-28-12-16)23-21(11-27)20-6-5-18(26)10-22(20)30(23)4/h5-6,9-10,12,14,19,29H,7-8,13,15H2,1-4H3. The lowest BCUT2D eigenvalue weighted by molar-refractivity contribution is 0.0291. The van der Waals surface area contributed by atoms with Crippen molar-refractivity contribution >= 4 is 28.6 Å². The Morgan fingerprint density at radius 2 is 2.12 bits per heavy atom. The van der Waals surface area contributed by atoms with Gasteiger partial charge in [0.25, 0.3) is 0 Å². The van der Waals surface area contributed by atoms with Gasteiger partial charge in [-0.05, 0) is 57.0 Å². The molecule has 1 aliphatic heterocycles. The van der Waals surface area contributed by atoms with E-state index >= 15 is 0 Å². The molecule has 1 amide bonds. The first-order chi connectivity index (χ1) is 15.7. The number of pyridine rings is 1. The van der Waals surface area contributed by atoms with Crippen LogP contribution in [-0.2, 0) is 18.3 Å². The normalized spacial score (nSPS) is 16.2. The van der Waals surface area contributed by atoms with Crippen LogP contribution in [0.5, 0.6) is 0 Å². The lowest BCUT2D eigenvalue weighted by Crippen LogP contribution is -2.38. The molecule has 8 heteroatoms. The molecule has 3 aromatic rings. The van der Waals surface area contributed by atoms with Crippen molar-refractivity contribution in [2.24, 2.45) is 7.05 Å². The minimum Gasteiger partial charge on any atom is -0.444 e. The van der Waals surface area contributed by atoms with E-state index in [2.05, 4.69) is 22.4 Å². The number of hydrogen-bond acceptors (Lipinski definition) is 5. The Bertz CT molecular complexity index is 1240. The van der Waals surface area contributed by atoms with Gasteiger partial charge in [-0.15, -0.1) is 0 Å². The van der Waals surface area contributed by atoms with Crippen molar-refractivity contribution in [2.45, 2.75) is 45.4 Å². The molecule has 1 N–H and O–H groups in total. The number of hydrogen-bond donors (Lipinski definition) is 1. The molecular weight excluding hydrogens is 438 g/mol. The third-order valence-corrected chi connectivity index (χ3v) is 6.01. The van der Waals surface area contributed by atoms with Crippen molar-refractivity contribution in [2.75, 3.05) is 13.1 Å². The molecule has 0 spiro atoms. The molecule has 3 heterocycles. The van der Waals surface area contributed by atoms with Crippen LogP contribution in [0.25, 0.3) is 22.2 Å². The molecule has 0 aliphatic carbocycles. The molecule has 4 rings (SSSR count). The number of fused-ring (bicyclic) bond motifs is 1. The number of aryl methyl sites for hydroxylation is 1. The summed E-state index contributed by atoms with van der Waals surface area (Å²) in [6.45, 7) is 7.53. The third kappa shape index (κ3) is 4.97. The Morgan fingerprint density at radius 3 is 2.85 bits per heavy atom. The highest BCUT2D eigenvalue weighted by Gasteiger charge is 2.29. The summed E-state index contributed by atoms with van der Waals surface area (Å²) in [4.78, 5) is 18.5. The van der Waals surface area contributed by atoms with Crippen molar-refractivity contribution in [1.82, 2.24) is 19.8 Å². The van der Waals surface area contributed by atoms with E-state index in [1.54, 1.807) is 17.2 Å². The number of carbonyl (C=O) groups is 1. The summed E-state index contributed by atoms with van der Waals surface area (Å²) in [6, 6.07) is 10.1. The number of nitriles is 1. The van der Waals surface area contributed by atoms with Gasteiger partial charge in [-0.2, -0.15) is 5.26 Å². The van der Waals surface area contributed by atoms with Gasteiger partial charge in [0, 0.05) is 61.1 Å². The molecular formula is C25H28ClN5O2. The number of benzene rings is 1. The molecule has 1 aliphatic rings. The summed E-state index contributed by atoms with van der Waals surface area (Å²) in [5.41, 5.74) is 3.73. The molecule has 1 fully saturated rings. The number of rotatable bonds is 4. The largest absolute Gasteiger partial charge is 0.444 e. The van der Waals surface area contributed by atoms with Crippen molar-refractivity contribution < 1.29 is 9.53 Å². The molecule has 1 atom stereocenters. The highest BCUT2D eigenvalue weighted by molar-refractivity contribution is 6.31. The average Bonchev–Trinajstić information content (AvgIpc) is 3.34. The minimum atomic E-state index is -0.496. The van der Waals surface area contributed by atoms with Gasteiger partial charge in [-0.3, -0.25) is 4.98 Å². The first-order valence-electron chi connectivity index (χ1n) is 11.0. The summed E-state index contributed by atoms with van der Waals surface area (Å²) < 4.78 is 7.46. The summed E-state index contributed by atoms with van der Waals surface area (Å²) in [5, 5.41) is 14.9. The van der Waals surface area contributed by atoms with Crippen LogP contribution in [0, 0.1) is 11.3 Å². The second-order valence-corrected chi connectivity index (χ2v) is 9.87. The smallest absolute Gasteiger partial charge is 0.410 e. The van der Waals surface area contributed by atoms with Crippen LogP contribution in [-0.4, -0.2) is 45.3 Å². The van der Waals surface area contributed by atoms with Crippen LogP contribution < -0.4 is 5.32 Å². The highest BCUT2D eigenvalue weighted by atomic mass is 35.5. The number of halogens is 1. The maximum absolute atomic E-state index is 12.3. The quantitative estimate of drug-likeness (QED) is 0.594. The Morgan fingerprint density at radius 1 is 1.33 bits per heavy atom. The molecule has 0 saturated carbocycles. The number of likely N-dealkylation sites (tertiary alicyclic amines) is 1. The van der Waals surface area contributed by atoms with Crippen molar-refractivity contribution in [3.63, 3.8) is 0 Å².